The fraction of sp³-hybridized carbons (Fsp3) is 0.733. The van der Waals surface area contributed by atoms with E-state index >= 15 is 0 Å². The van der Waals surface area contributed by atoms with E-state index in [2.05, 4.69) is 39.8 Å². The van der Waals surface area contributed by atoms with Crippen molar-refractivity contribution in [3.05, 3.63) is 15.9 Å². The zero-order valence-electron chi connectivity index (χ0n) is 12.8. The van der Waals surface area contributed by atoms with Crippen LogP contribution in [0.1, 0.15) is 50.9 Å². The molecule has 0 aliphatic carbocycles. The number of aromatic nitrogens is 2. The maximum atomic E-state index is 11.1. The third-order valence-corrected chi connectivity index (χ3v) is 5.12. The third kappa shape index (κ3) is 3.86. The Morgan fingerprint density at radius 2 is 2.19 bits per heavy atom. The molecule has 0 saturated carbocycles. The van der Waals surface area contributed by atoms with Crippen LogP contribution in [0.4, 0.5) is 0 Å². The summed E-state index contributed by atoms with van der Waals surface area (Å²) in [6.07, 6.45) is 4.39. The molecule has 1 aromatic rings. The number of nitrogens with zero attached hydrogens (tertiary/aromatic N) is 3. The summed E-state index contributed by atoms with van der Waals surface area (Å²) >= 11 is 3.67. The van der Waals surface area contributed by atoms with Gasteiger partial charge in [0.1, 0.15) is 0 Å². The molecule has 5 nitrogen and oxygen atoms in total. The molecule has 1 fully saturated rings. The quantitative estimate of drug-likeness (QED) is 0.849. The van der Waals surface area contributed by atoms with Gasteiger partial charge in [0.25, 0.3) is 0 Å². The predicted octanol–water partition coefficient (Wildman–Crippen LogP) is 3.06. The van der Waals surface area contributed by atoms with E-state index in [1.165, 1.54) is 5.69 Å². The molecule has 1 aliphatic rings. The number of aliphatic carboxylic acids is 1. The normalized spacial score (nSPS) is 19.9. The molecule has 0 spiro atoms. The van der Waals surface area contributed by atoms with Gasteiger partial charge in [-0.3, -0.25) is 14.4 Å². The van der Waals surface area contributed by atoms with Crippen LogP contribution in [-0.4, -0.2) is 38.3 Å². The van der Waals surface area contributed by atoms with E-state index in [-0.39, 0.29) is 12.5 Å². The highest BCUT2D eigenvalue weighted by Gasteiger charge is 2.27. The molecule has 118 valence electrons. The number of hydrogen-bond donors (Lipinski definition) is 1. The van der Waals surface area contributed by atoms with Gasteiger partial charge in [-0.2, -0.15) is 5.10 Å². The Morgan fingerprint density at radius 1 is 1.43 bits per heavy atom. The van der Waals surface area contributed by atoms with Crippen LogP contribution in [0.3, 0.4) is 0 Å². The molecular formula is C15H24BrN3O2. The second-order valence-electron chi connectivity index (χ2n) is 5.59. The molecule has 0 amide bonds. The van der Waals surface area contributed by atoms with Gasteiger partial charge in [-0.15, -0.1) is 0 Å². The smallest absolute Gasteiger partial charge is 0.304 e. The van der Waals surface area contributed by atoms with Crippen LogP contribution < -0.4 is 0 Å². The number of carboxylic acids is 1. The number of carbonyl (C=O) groups is 1. The van der Waals surface area contributed by atoms with Gasteiger partial charge in [0.05, 0.1) is 22.3 Å². The lowest BCUT2D eigenvalue weighted by atomic mass is 9.99. The number of aryl methyl sites for hydroxylation is 2. The maximum absolute atomic E-state index is 11.1. The lowest BCUT2D eigenvalue weighted by Gasteiger charge is -2.35. The van der Waals surface area contributed by atoms with Crippen LogP contribution in [0.2, 0.25) is 0 Å². The molecular weight excluding hydrogens is 334 g/mol. The van der Waals surface area contributed by atoms with Crippen molar-refractivity contribution < 1.29 is 9.90 Å². The Morgan fingerprint density at radius 3 is 2.81 bits per heavy atom. The molecule has 0 aromatic carbocycles. The molecule has 6 heteroatoms. The molecule has 1 unspecified atom stereocenters. The lowest BCUT2D eigenvalue weighted by molar-refractivity contribution is -0.138. The van der Waals surface area contributed by atoms with Crippen molar-refractivity contribution in [3.8, 4) is 0 Å². The monoisotopic (exact) mass is 357 g/mol. The first-order valence-electron chi connectivity index (χ1n) is 7.76. The van der Waals surface area contributed by atoms with Crippen molar-refractivity contribution in [2.45, 2.75) is 65.1 Å². The van der Waals surface area contributed by atoms with E-state index < -0.39 is 5.97 Å². The van der Waals surface area contributed by atoms with Crippen molar-refractivity contribution >= 4 is 21.9 Å². The van der Waals surface area contributed by atoms with Gasteiger partial charge in [0.15, 0.2) is 0 Å². The Bertz CT molecular complexity index is 501. The molecule has 2 heterocycles. The van der Waals surface area contributed by atoms with Gasteiger partial charge in [-0.25, -0.2) is 0 Å². The Balaban J connectivity index is 2.18. The minimum Gasteiger partial charge on any atom is -0.481 e. The van der Waals surface area contributed by atoms with Gasteiger partial charge < -0.3 is 5.11 Å². The van der Waals surface area contributed by atoms with Crippen molar-refractivity contribution in [1.29, 1.82) is 0 Å². The summed E-state index contributed by atoms with van der Waals surface area (Å²) in [6, 6.07) is 0.147. The molecule has 1 atom stereocenters. The largest absolute Gasteiger partial charge is 0.481 e. The van der Waals surface area contributed by atoms with Gasteiger partial charge >= 0.3 is 5.97 Å². The number of likely N-dealkylation sites (tertiary alicyclic amines) is 1. The highest BCUT2D eigenvalue weighted by atomic mass is 79.9. The van der Waals surface area contributed by atoms with Crippen LogP contribution in [0.5, 0.6) is 0 Å². The minimum absolute atomic E-state index is 0.147. The van der Waals surface area contributed by atoms with Gasteiger partial charge in [0.2, 0.25) is 0 Å². The first-order valence-corrected chi connectivity index (χ1v) is 8.56. The number of carboxylic acid groups (broad SMARTS) is 1. The summed E-state index contributed by atoms with van der Waals surface area (Å²) in [6.45, 7) is 6.78. The van der Waals surface area contributed by atoms with Crippen molar-refractivity contribution in [2.24, 2.45) is 0 Å². The molecule has 2 rings (SSSR count). The van der Waals surface area contributed by atoms with Crippen LogP contribution >= 0.6 is 15.9 Å². The van der Waals surface area contributed by atoms with E-state index in [0.29, 0.717) is 0 Å². The molecule has 1 N–H and O–H groups in total. The van der Waals surface area contributed by atoms with Crippen LogP contribution in [0, 0.1) is 0 Å². The highest BCUT2D eigenvalue weighted by molar-refractivity contribution is 9.10. The Kier molecular flexibility index (Phi) is 5.81. The van der Waals surface area contributed by atoms with Crippen molar-refractivity contribution in [3.63, 3.8) is 0 Å². The maximum Gasteiger partial charge on any atom is 0.304 e. The third-order valence-electron chi connectivity index (χ3n) is 4.21. The number of halogens is 1. The number of piperidine rings is 1. The van der Waals surface area contributed by atoms with Crippen LogP contribution in [-0.2, 0) is 24.3 Å². The van der Waals surface area contributed by atoms with E-state index in [1.54, 1.807) is 0 Å². The second-order valence-corrected chi connectivity index (χ2v) is 6.39. The van der Waals surface area contributed by atoms with E-state index in [9.17, 15) is 4.79 Å². The summed E-state index contributed by atoms with van der Waals surface area (Å²) in [5.41, 5.74) is 2.25. The fourth-order valence-corrected chi connectivity index (χ4v) is 3.75. The van der Waals surface area contributed by atoms with Crippen molar-refractivity contribution in [1.82, 2.24) is 14.7 Å². The fourth-order valence-electron chi connectivity index (χ4n) is 3.06. The topological polar surface area (TPSA) is 58.4 Å². The summed E-state index contributed by atoms with van der Waals surface area (Å²) in [5.74, 6) is -0.704. The molecule has 0 radical (unpaired) electrons. The summed E-state index contributed by atoms with van der Waals surface area (Å²) in [7, 11) is 0. The van der Waals surface area contributed by atoms with Crippen LogP contribution in [0.15, 0.2) is 4.47 Å². The summed E-state index contributed by atoms with van der Waals surface area (Å²) in [5, 5.41) is 13.7. The highest BCUT2D eigenvalue weighted by Crippen LogP contribution is 2.27. The molecule has 21 heavy (non-hydrogen) atoms. The van der Waals surface area contributed by atoms with Crippen LogP contribution in [0.25, 0.3) is 0 Å². The minimum atomic E-state index is -0.704. The summed E-state index contributed by atoms with van der Waals surface area (Å²) in [4.78, 5) is 13.4. The molecule has 1 aliphatic heterocycles. The van der Waals surface area contributed by atoms with Gasteiger partial charge in [-0.1, -0.05) is 13.3 Å². The second kappa shape index (κ2) is 7.40. The Labute approximate surface area is 134 Å². The number of rotatable bonds is 6. The molecule has 1 aromatic heterocycles. The zero-order valence-corrected chi connectivity index (χ0v) is 14.4. The lowest BCUT2D eigenvalue weighted by Crippen LogP contribution is -2.40. The van der Waals surface area contributed by atoms with Crippen molar-refractivity contribution in [2.75, 3.05) is 6.54 Å². The van der Waals surface area contributed by atoms with E-state index in [0.717, 1.165) is 55.5 Å². The summed E-state index contributed by atoms with van der Waals surface area (Å²) < 4.78 is 3.13. The first-order chi connectivity index (χ1) is 10.1. The van der Waals surface area contributed by atoms with Gasteiger partial charge in [-0.05, 0) is 48.7 Å². The van der Waals surface area contributed by atoms with Gasteiger partial charge in [0, 0.05) is 19.1 Å². The molecule has 0 bridgehead atoms. The first kappa shape index (κ1) is 16.5. The van der Waals surface area contributed by atoms with E-state index in [4.69, 9.17) is 5.11 Å². The Hall–Kier alpha value is -0.880. The average molecular weight is 358 g/mol. The predicted molar refractivity (Wildman–Crippen MR) is 85.3 cm³/mol. The SMILES string of the molecule is CCc1nn(CC)c(CN2CCCCC2CC(=O)O)c1Br. The zero-order chi connectivity index (χ0) is 15.4. The average Bonchev–Trinajstić information content (AvgIpc) is 2.77. The standard InChI is InChI=1S/C15H24BrN3O2/c1-3-12-15(16)13(19(4-2)17-12)10-18-8-6-5-7-11(18)9-14(20)21/h11H,3-10H2,1-2H3,(H,20,21). The molecule has 1 saturated heterocycles. The number of hydrogen-bond acceptors (Lipinski definition) is 3. The van der Waals surface area contributed by atoms with E-state index in [1.807, 2.05) is 4.68 Å².